The van der Waals surface area contributed by atoms with Crippen LogP contribution < -0.4 is 4.90 Å². The van der Waals surface area contributed by atoms with E-state index in [0.717, 1.165) is 30.2 Å². The van der Waals surface area contributed by atoms with Crippen LogP contribution in [0.3, 0.4) is 0 Å². The third kappa shape index (κ3) is 3.99. The molecule has 0 amide bonds. The highest BCUT2D eigenvalue weighted by Crippen LogP contribution is 2.27. The molecule has 0 atom stereocenters. The Labute approximate surface area is 117 Å². The first-order valence-electron chi connectivity index (χ1n) is 6.41. The Kier molecular flexibility index (Phi) is 4.54. The fourth-order valence-electron chi connectivity index (χ4n) is 1.72. The van der Waals surface area contributed by atoms with Gasteiger partial charge in [0.2, 0.25) is 0 Å². The summed E-state index contributed by atoms with van der Waals surface area (Å²) in [5.74, 6) is 0. The maximum Gasteiger partial charge on any atom is 0.186 e. The first-order valence-corrected chi connectivity index (χ1v) is 7.23. The molecule has 0 saturated carbocycles. The van der Waals surface area contributed by atoms with Crippen molar-refractivity contribution >= 4 is 22.8 Å². The average Bonchev–Trinajstić information content (AvgIpc) is 2.80. The molecule has 1 saturated heterocycles. The lowest BCUT2D eigenvalue weighted by molar-refractivity contribution is -0.0164. The predicted molar refractivity (Wildman–Crippen MR) is 75.1 cm³/mol. The van der Waals surface area contributed by atoms with Gasteiger partial charge in [-0.2, -0.15) is 0 Å². The van der Waals surface area contributed by atoms with E-state index in [4.69, 9.17) is 9.47 Å². The number of hydrogen-bond donors (Lipinski definition) is 0. The lowest BCUT2D eigenvalue weighted by atomic mass is 10.2. The molecule has 6 heteroatoms. The molecule has 1 fully saturated rings. The molecule has 1 aliphatic rings. The van der Waals surface area contributed by atoms with Crippen LogP contribution >= 0.6 is 11.3 Å². The predicted octanol–water partition coefficient (Wildman–Crippen LogP) is 2.11. The molecular formula is C13H20N2O3S. The number of ether oxygens (including phenoxy) is 2. The summed E-state index contributed by atoms with van der Waals surface area (Å²) in [4.78, 5) is 18.5. The quantitative estimate of drug-likeness (QED) is 0.793. The van der Waals surface area contributed by atoms with E-state index < -0.39 is 0 Å². The maximum absolute atomic E-state index is 11.1. The SMILES string of the molecule is CC(C)(C)OCc1nc(N2CCOCC2)sc1C=O. The van der Waals surface area contributed by atoms with Crippen molar-refractivity contribution < 1.29 is 14.3 Å². The number of carbonyl (C=O) groups excluding carboxylic acids is 1. The van der Waals surface area contributed by atoms with Gasteiger partial charge >= 0.3 is 0 Å². The molecule has 2 rings (SSSR count). The van der Waals surface area contributed by atoms with Gasteiger partial charge in [-0.1, -0.05) is 11.3 Å². The average molecular weight is 284 g/mol. The van der Waals surface area contributed by atoms with E-state index in [2.05, 4.69) is 9.88 Å². The minimum Gasteiger partial charge on any atom is -0.378 e. The van der Waals surface area contributed by atoms with Crippen LogP contribution in [0.1, 0.15) is 36.1 Å². The highest BCUT2D eigenvalue weighted by molar-refractivity contribution is 7.17. The number of hydrogen-bond acceptors (Lipinski definition) is 6. The molecule has 1 aromatic heterocycles. The van der Waals surface area contributed by atoms with E-state index in [9.17, 15) is 4.79 Å². The number of carbonyl (C=O) groups is 1. The number of thiazole rings is 1. The second kappa shape index (κ2) is 5.98. The second-order valence-corrected chi connectivity index (χ2v) is 6.43. The summed E-state index contributed by atoms with van der Waals surface area (Å²) in [6.45, 7) is 9.41. The van der Waals surface area contributed by atoms with Crippen molar-refractivity contribution in [3.05, 3.63) is 10.6 Å². The van der Waals surface area contributed by atoms with E-state index in [1.54, 1.807) is 0 Å². The summed E-state index contributed by atoms with van der Waals surface area (Å²) in [7, 11) is 0. The van der Waals surface area contributed by atoms with Gasteiger partial charge in [-0.05, 0) is 20.8 Å². The van der Waals surface area contributed by atoms with Gasteiger partial charge < -0.3 is 14.4 Å². The lowest BCUT2D eigenvalue weighted by Gasteiger charge is -2.26. The highest BCUT2D eigenvalue weighted by Gasteiger charge is 2.20. The summed E-state index contributed by atoms with van der Waals surface area (Å²) in [6.07, 6.45) is 0.864. The van der Waals surface area contributed by atoms with Crippen molar-refractivity contribution in [2.75, 3.05) is 31.2 Å². The Bertz CT molecular complexity index is 434. The minimum atomic E-state index is -0.233. The third-order valence-electron chi connectivity index (χ3n) is 2.75. The largest absolute Gasteiger partial charge is 0.378 e. The molecule has 1 aromatic rings. The molecule has 0 radical (unpaired) electrons. The van der Waals surface area contributed by atoms with Crippen LogP contribution in [-0.2, 0) is 16.1 Å². The summed E-state index contributed by atoms with van der Waals surface area (Å²) in [5, 5.41) is 0.887. The normalized spacial score (nSPS) is 16.7. The highest BCUT2D eigenvalue weighted by atomic mass is 32.1. The Balaban J connectivity index is 2.10. The van der Waals surface area contributed by atoms with E-state index >= 15 is 0 Å². The zero-order valence-electron chi connectivity index (χ0n) is 11.6. The molecule has 19 heavy (non-hydrogen) atoms. The van der Waals surface area contributed by atoms with Crippen LogP contribution in [0.2, 0.25) is 0 Å². The summed E-state index contributed by atoms with van der Waals surface area (Å²) in [6, 6.07) is 0. The molecule has 0 aromatic carbocycles. The van der Waals surface area contributed by atoms with Gasteiger partial charge in [-0.25, -0.2) is 4.98 Å². The van der Waals surface area contributed by atoms with Crippen molar-refractivity contribution in [3.8, 4) is 0 Å². The smallest absolute Gasteiger partial charge is 0.186 e. The van der Waals surface area contributed by atoms with Gasteiger partial charge in [0.15, 0.2) is 11.4 Å². The van der Waals surface area contributed by atoms with Crippen molar-refractivity contribution in [2.24, 2.45) is 0 Å². The number of anilines is 1. The standard InChI is InChI=1S/C13H20N2O3S/c1-13(2,3)18-9-10-11(8-16)19-12(14-10)15-4-6-17-7-5-15/h8H,4-7,9H2,1-3H3. The van der Waals surface area contributed by atoms with E-state index in [-0.39, 0.29) is 5.60 Å². The molecule has 1 aliphatic heterocycles. The van der Waals surface area contributed by atoms with Gasteiger partial charge in [0.05, 0.1) is 36.0 Å². The van der Waals surface area contributed by atoms with Gasteiger partial charge in [-0.15, -0.1) is 0 Å². The fraction of sp³-hybridized carbons (Fsp3) is 0.692. The van der Waals surface area contributed by atoms with Crippen molar-refractivity contribution in [2.45, 2.75) is 33.0 Å². The third-order valence-corrected chi connectivity index (χ3v) is 3.83. The summed E-state index contributed by atoms with van der Waals surface area (Å²) in [5.41, 5.74) is 0.500. The van der Waals surface area contributed by atoms with Crippen molar-refractivity contribution in [1.29, 1.82) is 0 Å². The van der Waals surface area contributed by atoms with Gasteiger partial charge in [0.25, 0.3) is 0 Å². The van der Waals surface area contributed by atoms with E-state index in [0.29, 0.717) is 24.7 Å². The molecule has 0 aliphatic carbocycles. The fourth-order valence-corrected chi connectivity index (χ4v) is 2.66. The van der Waals surface area contributed by atoms with Crippen molar-refractivity contribution in [1.82, 2.24) is 4.98 Å². The maximum atomic E-state index is 11.1. The van der Waals surface area contributed by atoms with Crippen molar-refractivity contribution in [3.63, 3.8) is 0 Å². The van der Waals surface area contributed by atoms with E-state index in [1.165, 1.54) is 11.3 Å². The van der Waals surface area contributed by atoms with Crippen LogP contribution in [0.25, 0.3) is 0 Å². The topological polar surface area (TPSA) is 51.7 Å². The first-order chi connectivity index (χ1) is 8.99. The molecule has 0 unspecified atom stereocenters. The summed E-state index contributed by atoms with van der Waals surface area (Å²) >= 11 is 1.43. The molecule has 0 N–H and O–H groups in total. The minimum absolute atomic E-state index is 0.233. The van der Waals surface area contributed by atoms with Gasteiger partial charge in [0, 0.05) is 13.1 Å². The van der Waals surface area contributed by atoms with Crippen LogP contribution in [-0.4, -0.2) is 43.2 Å². The zero-order valence-corrected chi connectivity index (χ0v) is 12.5. The number of aldehydes is 1. The number of rotatable bonds is 4. The van der Waals surface area contributed by atoms with Crippen LogP contribution in [0.4, 0.5) is 5.13 Å². The van der Waals surface area contributed by atoms with E-state index in [1.807, 2.05) is 20.8 Å². The van der Waals surface area contributed by atoms with Crippen LogP contribution in [0.15, 0.2) is 0 Å². The monoisotopic (exact) mass is 284 g/mol. The molecular weight excluding hydrogens is 264 g/mol. The molecule has 0 spiro atoms. The van der Waals surface area contributed by atoms with Gasteiger partial charge in [0.1, 0.15) is 0 Å². The number of aromatic nitrogens is 1. The Morgan fingerprint density at radius 2 is 2.11 bits per heavy atom. The second-order valence-electron chi connectivity index (χ2n) is 5.43. The Morgan fingerprint density at radius 3 is 2.68 bits per heavy atom. The molecule has 5 nitrogen and oxygen atoms in total. The lowest BCUT2D eigenvalue weighted by Crippen LogP contribution is -2.36. The Morgan fingerprint density at radius 1 is 1.42 bits per heavy atom. The first kappa shape index (κ1) is 14.4. The van der Waals surface area contributed by atoms with Crippen LogP contribution in [0, 0.1) is 0 Å². The van der Waals surface area contributed by atoms with Gasteiger partial charge in [-0.3, -0.25) is 4.79 Å². The van der Waals surface area contributed by atoms with Crippen LogP contribution in [0.5, 0.6) is 0 Å². The summed E-state index contributed by atoms with van der Waals surface area (Å²) < 4.78 is 11.0. The number of nitrogens with zero attached hydrogens (tertiary/aromatic N) is 2. The zero-order chi connectivity index (χ0) is 13.9. The number of morpholine rings is 1. The molecule has 0 bridgehead atoms. The Hall–Kier alpha value is -0.980. The molecule has 106 valence electrons. The molecule has 2 heterocycles.